The molecular weight excluding hydrogens is 400 g/mol. The van der Waals surface area contributed by atoms with Gasteiger partial charge in [-0.15, -0.1) is 0 Å². The maximum atomic E-state index is 13.0. The van der Waals surface area contributed by atoms with Crippen LogP contribution in [0.25, 0.3) is 0 Å². The highest BCUT2D eigenvalue weighted by Gasteiger charge is 2.24. The summed E-state index contributed by atoms with van der Waals surface area (Å²) in [6.45, 7) is 5.04. The standard InChI is InChI=1S/C27H28N2O3/c1-19(2)16-17-29-24-14-13-21(18-20(24)12-15-26(29)30)28-27(31)23-10-6-7-11-25(23)32-22-8-4-3-5-9-22/h3-11,13-14,18-19H,12,15-17H2,1-2H3,(H,28,31). The minimum Gasteiger partial charge on any atom is -0.457 e. The second-order valence-electron chi connectivity index (χ2n) is 8.44. The van der Waals surface area contributed by atoms with Gasteiger partial charge in [-0.05, 0) is 66.8 Å². The normalized spacial score (nSPS) is 13.1. The van der Waals surface area contributed by atoms with Crippen LogP contribution in [0.1, 0.15) is 42.6 Å². The van der Waals surface area contributed by atoms with Crippen LogP contribution in [0.15, 0.2) is 72.8 Å². The van der Waals surface area contributed by atoms with Crippen LogP contribution in [0.5, 0.6) is 11.5 Å². The van der Waals surface area contributed by atoms with Crippen LogP contribution in [-0.4, -0.2) is 18.4 Å². The summed E-state index contributed by atoms with van der Waals surface area (Å²) in [5, 5.41) is 2.99. The van der Waals surface area contributed by atoms with Crippen molar-refractivity contribution in [3.8, 4) is 11.5 Å². The molecule has 164 valence electrons. The molecule has 0 atom stereocenters. The molecule has 1 N–H and O–H groups in total. The van der Waals surface area contributed by atoms with Crippen molar-refractivity contribution in [2.24, 2.45) is 5.92 Å². The first-order chi connectivity index (χ1) is 15.5. The van der Waals surface area contributed by atoms with Gasteiger partial charge in [-0.2, -0.15) is 0 Å². The molecule has 0 aromatic heterocycles. The smallest absolute Gasteiger partial charge is 0.259 e. The van der Waals surface area contributed by atoms with Gasteiger partial charge in [0, 0.05) is 24.3 Å². The van der Waals surface area contributed by atoms with E-state index in [0.717, 1.165) is 24.2 Å². The van der Waals surface area contributed by atoms with Crippen molar-refractivity contribution in [1.82, 2.24) is 0 Å². The van der Waals surface area contributed by atoms with E-state index < -0.39 is 0 Å². The Balaban J connectivity index is 1.52. The summed E-state index contributed by atoms with van der Waals surface area (Å²) in [7, 11) is 0. The maximum absolute atomic E-state index is 13.0. The summed E-state index contributed by atoms with van der Waals surface area (Å²) in [5.41, 5.74) is 3.21. The summed E-state index contributed by atoms with van der Waals surface area (Å²) in [6, 6.07) is 22.4. The van der Waals surface area contributed by atoms with Crippen molar-refractivity contribution in [1.29, 1.82) is 0 Å². The summed E-state index contributed by atoms with van der Waals surface area (Å²) < 4.78 is 5.93. The lowest BCUT2D eigenvalue weighted by Crippen LogP contribution is -2.36. The number of para-hydroxylation sites is 2. The molecule has 0 saturated heterocycles. The molecule has 0 unspecified atom stereocenters. The fourth-order valence-electron chi connectivity index (χ4n) is 3.83. The summed E-state index contributed by atoms with van der Waals surface area (Å²) in [5.74, 6) is 1.64. The first kappa shape index (κ1) is 21.6. The van der Waals surface area contributed by atoms with Gasteiger partial charge in [0.2, 0.25) is 5.91 Å². The second kappa shape index (κ2) is 9.69. The van der Waals surface area contributed by atoms with Gasteiger partial charge < -0.3 is 15.0 Å². The molecule has 0 spiro atoms. The molecule has 1 aliphatic rings. The van der Waals surface area contributed by atoms with E-state index in [1.165, 1.54) is 0 Å². The van der Waals surface area contributed by atoms with Crippen molar-refractivity contribution in [3.63, 3.8) is 0 Å². The van der Waals surface area contributed by atoms with Crippen molar-refractivity contribution in [2.75, 3.05) is 16.8 Å². The minimum atomic E-state index is -0.236. The number of benzene rings is 3. The van der Waals surface area contributed by atoms with Gasteiger partial charge in [-0.1, -0.05) is 44.2 Å². The third kappa shape index (κ3) is 4.99. The monoisotopic (exact) mass is 428 g/mol. The van der Waals surface area contributed by atoms with E-state index in [9.17, 15) is 9.59 Å². The summed E-state index contributed by atoms with van der Waals surface area (Å²) in [4.78, 5) is 27.4. The number of nitrogens with one attached hydrogen (secondary N) is 1. The summed E-state index contributed by atoms with van der Waals surface area (Å²) in [6.07, 6.45) is 2.14. The number of ether oxygens (including phenoxy) is 1. The molecule has 0 bridgehead atoms. The van der Waals surface area contributed by atoms with E-state index in [2.05, 4.69) is 19.2 Å². The van der Waals surface area contributed by atoms with Crippen LogP contribution in [0, 0.1) is 5.92 Å². The number of fused-ring (bicyclic) bond motifs is 1. The Kier molecular flexibility index (Phi) is 6.55. The zero-order valence-corrected chi connectivity index (χ0v) is 18.5. The SMILES string of the molecule is CC(C)CCN1C(=O)CCc2cc(NC(=O)c3ccccc3Oc3ccccc3)ccc21. The molecule has 5 nitrogen and oxygen atoms in total. The highest BCUT2D eigenvalue weighted by molar-refractivity contribution is 6.06. The van der Waals surface area contributed by atoms with Gasteiger partial charge in [0.1, 0.15) is 11.5 Å². The van der Waals surface area contributed by atoms with Gasteiger partial charge in [0.15, 0.2) is 0 Å². The number of amides is 2. The van der Waals surface area contributed by atoms with E-state index in [4.69, 9.17) is 4.74 Å². The zero-order valence-electron chi connectivity index (χ0n) is 18.5. The van der Waals surface area contributed by atoms with E-state index in [-0.39, 0.29) is 11.8 Å². The lowest BCUT2D eigenvalue weighted by molar-refractivity contribution is -0.118. The van der Waals surface area contributed by atoms with E-state index in [1.807, 2.05) is 65.6 Å². The molecule has 0 fully saturated rings. The first-order valence-corrected chi connectivity index (χ1v) is 11.1. The third-order valence-corrected chi connectivity index (χ3v) is 5.57. The largest absolute Gasteiger partial charge is 0.457 e. The molecule has 4 rings (SSSR count). The highest BCUT2D eigenvalue weighted by atomic mass is 16.5. The molecule has 0 aliphatic carbocycles. The molecule has 3 aromatic rings. The lowest BCUT2D eigenvalue weighted by Gasteiger charge is -2.30. The Morgan fingerprint density at radius 3 is 2.53 bits per heavy atom. The molecular formula is C27H28N2O3. The lowest BCUT2D eigenvalue weighted by atomic mass is 9.99. The average Bonchev–Trinajstić information content (AvgIpc) is 2.79. The number of hydrogen-bond acceptors (Lipinski definition) is 3. The van der Waals surface area contributed by atoms with Gasteiger partial charge in [-0.3, -0.25) is 9.59 Å². The Morgan fingerprint density at radius 1 is 1.00 bits per heavy atom. The number of carbonyl (C=O) groups excluding carboxylic acids is 2. The number of nitrogens with zero attached hydrogens (tertiary/aromatic N) is 1. The number of rotatable bonds is 7. The van der Waals surface area contributed by atoms with Crippen molar-refractivity contribution in [3.05, 3.63) is 83.9 Å². The van der Waals surface area contributed by atoms with Crippen LogP contribution < -0.4 is 15.0 Å². The van der Waals surface area contributed by atoms with Crippen LogP contribution >= 0.6 is 0 Å². The fourth-order valence-corrected chi connectivity index (χ4v) is 3.83. The maximum Gasteiger partial charge on any atom is 0.259 e. The van der Waals surface area contributed by atoms with Crippen LogP contribution in [0.3, 0.4) is 0 Å². The number of anilines is 2. The highest BCUT2D eigenvalue weighted by Crippen LogP contribution is 2.32. The van der Waals surface area contributed by atoms with Gasteiger partial charge in [0.25, 0.3) is 5.91 Å². The third-order valence-electron chi connectivity index (χ3n) is 5.57. The second-order valence-corrected chi connectivity index (χ2v) is 8.44. The van der Waals surface area contributed by atoms with E-state index in [0.29, 0.717) is 41.5 Å². The quantitative estimate of drug-likeness (QED) is 0.498. The summed E-state index contributed by atoms with van der Waals surface area (Å²) >= 11 is 0. The molecule has 32 heavy (non-hydrogen) atoms. The number of hydrogen-bond donors (Lipinski definition) is 1. The molecule has 1 aliphatic heterocycles. The molecule has 5 heteroatoms. The number of carbonyl (C=O) groups is 2. The molecule has 0 radical (unpaired) electrons. The van der Waals surface area contributed by atoms with E-state index >= 15 is 0 Å². The Morgan fingerprint density at radius 2 is 1.75 bits per heavy atom. The Labute approximate surface area is 189 Å². The Bertz CT molecular complexity index is 1110. The first-order valence-electron chi connectivity index (χ1n) is 11.1. The minimum absolute atomic E-state index is 0.168. The van der Waals surface area contributed by atoms with Crippen molar-refractivity contribution >= 4 is 23.2 Å². The zero-order chi connectivity index (χ0) is 22.5. The van der Waals surface area contributed by atoms with Crippen molar-refractivity contribution < 1.29 is 14.3 Å². The van der Waals surface area contributed by atoms with Gasteiger partial charge in [-0.25, -0.2) is 0 Å². The van der Waals surface area contributed by atoms with Crippen LogP contribution in [-0.2, 0) is 11.2 Å². The van der Waals surface area contributed by atoms with Crippen LogP contribution in [0.4, 0.5) is 11.4 Å². The van der Waals surface area contributed by atoms with Gasteiger partial charge in [0.05, 0.1) is 5.56 Å². The van der Waals surface area contributed by atoms with Crippen LogP contribution in [0.2, 0.25) is 0 Å². The van der Waals surface area contributed by atoms with Gasteiger partial charge >= 0.3 is 0 Å². The predicted molar refractivity (Wildman–Crippen MR) is 127 cm³/mol. The molecule has 2 amide bonds. The molecule has 1 heterocycles. The Hall–Kier alpha value is -3.60. The molecule has 3 aromatic carbocycles. The predicted octanol–water partition coefficient (Wildman–Crippen LogP) is 6.06. The average molecular weight is 429 g/mol. The van der Waals surface area contributed by atoms with Crippen molar-refractivity contribution in [2.45, 2.75) is 33.1 Å². The van der Waals surface area contributed by atoms with E-state index in [1.54, 1.807) is 12.1 Å². The molecule has 0 saturated carbocycles. The number of aryl methyl sites for hydroxylation is 1. The fraction of sp³-hybridized carbons (Fsp3) is 0.259. The topological polar surface area (TPSA) is 58.6 Å².